The molecule has 0 saturated heterocycles. The standard InChI is InChI=1S/C30H24N2O4S/c1-34-24-14-11-18(16-25(24)35-2)15-19-12-13-21-28(20-7-3-4-8-22(20)32-29(19)21)30(33)36-17-27-31-23-9-5-6-10-26(23)37-27/h3-11,14-16H,12-13,17H2,1-2H3. The van der Waals surface area contributed by atoms with Gasteiger partial charge in [0, 0.05) is 5.39 Å². The van der Waals surface area contributed by atoms with Crippen LogP contribution in [-0.2, 0) is 17.8 Å². The topological polar surface area (TPSA) is 70.5 Å². The molecule has 2 aromatic heterocycles. The first-order valence-electron chi connectivity index (χ1n) is 12.0. The highest BCUT2D eigenvalue weighted by atomic mass is 32.1. The molecular weight excluding hydrogens is 484 g/mol. The molecule has 0 bridgehead atoms. The van der Waals surface area contributed by atoms with E-state index in [9.17, 15) is 4.79 Å². The molecule has 7 heteroatoms. The van der Waals surface area contributed by atoms with E-state index in [1.54, 1.807) is 25.6 Å². The van der Waals surface area contributed by atoms with Gasteiger partial charge in [-0.3, -0.25) is 0 Å². The minimum absolute atomic E-state index is 0.137. The number of para-hydroxylation sites is 2. The smallest absolute Gasteiger partial charge is 0.339 e. The molecule has 0 radical (unpaired) electrons. The second-order valence-electron chi connectivity index (χ2n) is 8.77. The number of carbonyl (C=O) groups is 1. The number of pyridine rings is 1. The van der Waals surface area contributed by atoms with Crippen molar-refractivity contribution in [2.45, 2.75) is 19.4 Å². The third kappa shape index (κ3) is 4.32. The van der Waals surface area contributed by atoms with Crippen molar-refractivity contribution in [3.63, 3.8) is 0 Å². The Balaban J connectivity index is 1.36. The molecular formula is C30H24N2O4S. The maximum absolute atomic E-state index is 13.5. The Labute approximate surface area is 218 Å². The third-order valence-corrected chi connectivity index (χ3v) is 7.57. The summed E-state index contributed by atoms with van der Waals surface area (Å²) in [7, 11) is 3.25. The van der Waals surface area contributed by atoms with Gasteiger partial charge in [0.1, 0.15) is 11.6 Å². The van der Waals surface area contributed by atoms with Crippen molar-refractivity contribution in [1.82, 2.24) is 9.97 Å². The van der Waals surface area contributed by atoms with Gasteiger partial charge in [0.15, 0.2) is 11.5 Å². The number of methoxy groups -OCH3 is 2. The molecule has 0 aliphatic heterocycles. The monoisotopic (exact) mass is 508 g/mol. The number of allylic oxidation sites excluding steroid dienone is 1. The number of carbonyl (C=O) groups excluding carboxylic acids is 1. The Morgan fingerprint density at radius 3 is 2.51 bits per heavy atom. The minimum atomic E-state index is -0.346. The molecule has 37 heavy (non-hydrogen) atoms. The lowest BCUT2D eigenvalue weighted by Gasteiger charge is -2.12. The van der Waals surface area contributed by atoms with E-state index < -0.39 is 0 Å². The van der Waals surface area contributed by atoms with Crippen molar-refractivity contribution < 1.29 is 19.0 Å². The fraction of sp³-hybridized carbons (Fsp3) is 0.167. The Morgan fingerprint density at radius 2 is 1.70 bits per heavy atom. The molecule has 1 aliphatic rings. The van der Waals surface area contributed by atoms with E-state index in [2.05, 4.69) is 11.1 Å². The molecule has 0 N–H and O–H groups in total. The zero-order chi connectivity index (χ0) is 25.4. The number of rotatable bonds is 6. The molecule has 0 saturated carbocycles. The predicted molar refractivity (Wildman–Crippen MR) is 146 cm³/mol. The van der Waals surface area contributed by atoms with Gasteiger partial charge in [-0.25, -0.2) is 14.8 Å². The van der Waals surface area contributed by atoms with E-state index in [1.807, 2.05) is 66.7 Å². The molecule has 6 rings (SSSR count). The van der Waals surface area contributed by atoms with Crippen LogP contribution in [-0.4, -0.2) is 30.2 Å². The van der Waals surface area contributed by atoms with Gasteiger partial charge >= 0.3 is 5.97 Å². The highest BCUT2D eigenvalue weighted by Gasteiger charge is 2.28. The second kappa shape index (κ2) is 9.67. The summed E-state index contributed by atoms with van der Waals surface area (Å²) in [6.45, 7) is 0.137. The molecule has 0 unspecified atom stereocenters. The first-order chi connectivity index (χ1) is 18.1. The van der Waals surface area contributed by atoms with E-state index in [4.69, 9.17) is 19.2 Å². The summed E-state index contributed by atoms with van der Waals surface area (Å²) in [5.41, 5.74) is 6.12. The predicted octanol–water partition coefficient (Wildman–Crippen LogP) is 6.71. The summed E-state index contributed by atoms with van der Waals surface area (Å²) < 4.78 is 17.7. The van der Waals surface area contributed by atoms with Gasteiger partial charge < -0.3 is 14.2 Å². The SMILES string of the molecule is COc1ccc(C=C2CCc3c2nc2ccccc2c3C(=O)OCc2nc3ccccc3s2)cc1OC. The van der Waals surface area contributed by atoms with Crippen LogP contribution >= 0.6 is 11.3 Å². The van der Waals surface area contributed by atoms with Gasteiger partial charge in [-0.2, -0.15) is 0 Å². The van der Waals surface area contributed by atoms with Crippen LogP contribution in [0, 0.1) is 0 Å². The maximum atomic E-state index is 13.5. The van der Waals surface area contributed by atoms with Gasteiger partial charge in [-0.15, -0.1) is 11.3 Å². The van der Waals surface area contributed by atoms with Crippen LogP contribution in [0.25, 0.3) is 32.8 Å². The normalized spacial score (nSPS) is 13.7. The van der Waals surface area contributed by atoms with Crippen molar-refractivity contribution in [2.24, 2.45) is 0 Å². The van der Waals surface area contributed by atoms with Crippen LogP contribution in [0.4, 0.5) is 0 Å². The number of hydrogen-bond acceptors (Lipinski definition) is 7. The average molecular weight is 509 g/mol. The first-order valence-corrected chi connectivity index (χ1v) is 12.8. The lowest BCUT2D eigenvalue weighted by molar-refractivity contribution is 0.0473. The quantitative estimate of drug-likeness (QED) is 0.238. The number of ether oxygens (including phenoxy) is 3. The van der Waals surface area contributed by atoms with E-state index in [1.165, 1.54) is 0 Å². The van der Waals surface area contributed by atoms with Gasteiger partial charge in [0.25, 0.3) is 0 Å². The summed E-state index contributed by atoms with van der Waals surface area (Å²) in [5, 5.41) is 1.58. The van der Waals surface area contributed by atoms with Crippen molar-refractivity contribution in [2.75, 3.05) is 14.2 Å². The zero-order valence-corrected chi connectivity index (χ0v) is 21.3. The highest BCUT2D eigenvalue weighted by molar-refractivity contribution is 7.18. The van der Waals surface area contributed by atoms with Crippen LogP contribution in [0.2, 0.25) is 0 Å². The lowest BCUT2D eigenvalue weighted by Crippen LogP contribution is -2.10. The maximum Gasteiger partial charge on any atom is 0.339 e. The molecule has 0 fully saturated rings. The van der Waals surface area contributed by atoms with Gasteiger partial charge in [-0.1, -0.05) is 36.4 Å². The Hall–Kier alpha value is -4.23. The Bertz CT molecular complexity index is 1660. The zero-order valence-electron chi connectivity index (χ0n) is 20.5. The number of hydrogen-bond donors (Lipinski definition) is 0. The fourth-order valence-electron chi connectivity index (χ4n) is 4.84. The molecule has 0 amide bonds. The first kappa shape index (κ1) is 23.2. The van der Waals surface area contributed by atoms with E-state index >= 15 is 0 Å². The van der Waals surface area contributed by atoms with Crippen LogP contribution in [0.3, 0.4) is 0 Å². The molecule has 5 aromatic rings. The number of aromatic nitrogens is 2. The molecule has 184 valence electrons. The average Bonchev–Trinajstić information content (AvgIpc) is 3.53. The second-order valence-corrected chi connectivity index (χ2v) is 9.88. The summed E-state index contributed by atoms with van der Waals surface area (Å²) in [6.07, 6.45) is 3.61. The molecule has 0 spiro atoms. The Kier molecular flexibility index (Phi) is 6.06. The molecule has 0 atom stereocenters. The number of thiazole rings is 1. The van der Waals surface area contributed by atoms with E-state index in [-0.39, 0.29) is 12.6 Å². The van der Waals surface area contributed by atoms with Crippen LogP contribution in [0.5, 0.6) is 11.5 Å². The van der Waals surface area contributed by atoms with Crippen LogP contribution in [0.15, 0.2) is 66.7 Å². The van der Waals surface area contributed by atoms with Crippen molar-refractivity contribution >= 4 is 50.1 Å². The summed E-state index contributed by atoms with van der Waals surface area (Å²) in [6, 6.07) is 21.5. The summed E-state index contributed by atoms with van der Waals surface area (Å²) >= 11 is 1.54. The van der Waals surface area contributed by atoms with Crippen molar-refractivity contribution in [3.05, 3.63) is 94.1 Å². The minimum Gasteiger partial charge on any atom is -0.493 e. The fourth-order valence-corrected chi connectivity index (χ4v) is 5.72. The van der Waals surface area contributed by atoms with Crippen molar-refractivity contribution in [1.29, 1.82) is 0 Å². The largest absolute Gasteiger partial charge is 0.493 e. The van der Waals surface area contributed by atoms with E-state index in [0.717, 1.165) is 61.4 Å². The summed E-state index contributed by atoms with van der Waals surface area (Å²) in [4.78, 5) is 23.1. The van der Waals surface area contributed by atoms with E-state index in [0.29, 0.717) is 17.1 Å². The van der Waals surface area contributed by atoms with Crippen molar-refractivity contribution in [3.8, 4) is 11.5 Å². The number of esters is 1. The lowest BCUT2D eigenvalue weighted by atomic mass is 10.0. The number of fused-ring (bicyclic) bond motifs is 3. The molecule has 2 heterocycles. The molecule has 1 aliphatic carbocycles. The van der Waals surface area contributed by atoms with Gasteiger partial charge in [0.2, 0.25) is 0 Å². The van der Waals surface area contributed by atoms with Crippen LogP contribution in [0.1, 0.15) is 38.6 Å². The van der Waals surface area contributed by atoms with Gasteiger partial charge in [-0.05, 0) is 65.9 Å². The number of benzene rings is 3. The summed E-state index contributed by atoms with van der Waals surface area (Å²) in [5.74, 6) is 1.00. The van der Waals surface area contributed by atoms with Crippen LogP contribution < -0.4 is 9.47 Å². The Morgan fingerprint density at radius 1 is 0.919 bits per heavy atom. The molecule has 3 aromatic carbocycles. The highest BCUT2D eigenvalue weighted by Crippen LogP contribution is 2.39. The number of nitrogens with zero attached hydrogens (tertiary/aromatic N) is 2. The third-order valence-electron chi connectivity index (χ3n) is 6.56. The molecule has 6 nitrogen and oxygen atoms in total. The van der Waals surface area contributed by atoms with Gasteiger partial charge in [0.05, 0.1) is 41.2 Å².